The van der Waals surface area contributed by atoms with E-state index in [0.717, 1.165) is 24.3 Å². The summed E-state index contributed by atoms with van der Waals surface area (Å²) in [6, 6.07) is 8.31. The van der Waals surface area contributed by atoms with Gasteiger partial charge in [-0.05, 0) is 17.7 Å². The maximum Gasteiger partial charge on any atom is 0.573 e. The molecule has 7 heteroatoms. The summed E-state index contributed by atoms with van der Waals surface area (Å²) in [6.45, 7) is 0.00912. The third kappa shape index (κ3) is 4.87. The summed E-state index contributed by atoms with van der Waals surface area (Å²) in [5, 5.41) is 9.19. The molecule has 0 saturated heterocycles. The number of ether oxygens (including phenoxy) is 2. The lowest BCUT2D eigenvalue weighted by atomic mass is 10.2. The summed E-state index contributed by atoms with van der Waals surface area (Å²) < 4.78 is 57.9. The van der Waals surface area contributed by atoms with Gasteiger partial charge in [-0.25, -0.2) is 4.39 Å². The van der Waals surface area contributed by atoms with Crippen molar-refractivity contribution in [2.45, 2.75) is 13.0 Å². The highest BCUT2D eigenvalue weighted by atomic mass is 19.4. The smallest absolute Gasteiger partial charge is 0.508 e. The number of alkyl halides is 3. The predicted octanol–water partition coefficient (Wildman–Crippen LogP) is 4.01. The normalized spacial score (nSPS) is 11.2. The number of aromatic hydroxyl groups is 1. The summed E-state index contributed by atoms with van der Waals surface area (Å²) in [4.78, 5) is 0. The van der Waals surface area contributed by atoms with Gasteiger partial charge in [0.05, 0.1) is 0 Å². The zero-order chi connectivity index (χ0) is 15.5. The van der Waals surface area contributed by atoms with Crippen LogP contribution in [0.2, 0.25) is 0 Å². The van der Waals surface area contributed by atoms with Crippen LogP contribution in [0.1, 0.15) is 5.56 Å². The SMILES string of the molecule is Oc1cc(F)cc(OCc2ccc(OC(F)(F)F)cc2)c1. The van der Waals surface area contributed by atoms with Gasteiger partial charge in [-0.1, -0.05) is 12.1 Å². The Balaban J connectivity index is 1.97. The minimum absolute atomic E-state index is 0.00912. The summed E-state index contributed by atoms with van der Waals surface area (Å²) in [6.07, 6.45) is -4.74. The van der Waals surface area contributed by atoms with Gasteiger partial charge in [-0.3, -0.25) is 0 Å². The van der Waals surface area contributed by atoms with Crippen LogP contribution in [0.4, 0.5) is 17.6 Å². The van der Waals surface area contributed by atoms with Crippen LogP contribution >= 0.6 is 0 Å². The molecule has 0 radical (unpaired) electrons. The van der Waals surface area contributed by atoms with Gasteiger partial charge in [-0.15, -0.1) is 13.2 Å². The van der Waals surface area contributed by atoms with E-state index in [0.29, 0.717) is 5.56 Å². The predicted molar refractivity (Wildman–Crippen MR) is 65.5 cm³/mol. The molecule has 0 fully saturated rings. The van der Waals surface area contributed by atoms with E-state index in [-0.39, 0.29) is 23.9 Å². The Bertz CT molecular complexity index is 588. The minimum Gasteiger partial charge on any atom is -0.508 e. The fourth-order valence-electron chi connectivity index (χ4n) is 1.59. The first-order valence-electron chi connectivity index (χ1n) is 5.79. The monoisotopic (exact) mass is 302 g/mol. The molecule has 2 aromatic rings. The van der Waals surface area contributed by atoms with Gasteiger partial charge < -0.3 is 14.6 Å². The van der Waals surface area contributed by atoms with Crippen molar-refractivity contribution in [1.29, 1.82) is 0 Å². The maximum absolute atomic E-state index is 13.0. The van der Waals surface area contributed by atoms with E-state index in [1.54, 1.807) is 0 Å². The van der Waals surface area contributed by atoms with Gasteiger partial charge in [-0.2, -0.15) is 0 Å². The lowest BCUT2D eigenvalue weighted by molar-refractivity contribution is -0.274. The summed E-state index contributed by atoms with van der Waals surface area (Å²) >= 11 is 0. The van der Waals surface area contributed by atoms with Crippen molar-refractivity contribution in [3.05, 3.63) is 53.8 Å². The summed E-state index contributed by atoms with van der Waals surface area (Å²) in [7, 11) is 0. The molecule has 0 atom stereocenters. The standard InChI is InChI=1S/C14H10F4O3/c15-10-5-11(19)7-13(6-10)20-8-9-1-3-12(4-2-9)21-14(16,17)18/h1-7,19H,8H2. The molecule has 3 nitrogen and oxygen atoms in total. The van der Waals surface area contributed by atoms with Crippen LogP contribution < -0.4 is 9.47 Å². The molecule has 2 rings (SSSR count). The van der Waals surface area contributed by atoms with Crippen LogP contribution in [0.25, 0.3) is 0 Å². The highest BCUT2D eigenvalue weighted by Gasteiger charge is 2.30. The molecule has 0 aromatic heterocycles. The number of benzene rings is 2. The Morgan fingerprint density at radius 3 is 2.19 bits per heavy atom. The van der Waals surface area contributed by atoms with Crippen molar-refractivity contribution in [3.63, 3.8) is 0 Å². The Morgan fingerprint density at radius 1 is 0.952 bits per heavy atom. The van der Waals surface area contributed by atoms with Gasteiger partial charge >= 0.3 is 6.36 Å². The number of phenols is 1. The van der Waals surface area contributed by atoms with Crippen LogP contribution in [-0.4, -0.2) is 11.5 Å². The van der Waals surface area contributed by atoms with Crippen LogP contribution in [0.3, 0.4) is 0 Å². The van der Waals surface area contributed by atoms with Gasteiger partial charge in [0.2, 0.25) is 0 Å². The largest absolute Gasteiger partial charge is 0.573 e. The average Bonchev–Trinajstić information content (AvgIpc) is 2.35. The second-order valence-electron chi connectivity index (χ2n) is 4.13. The van der Waals surface area contributed by atoms with Crippen molar-refractivity contribution >= 4 is 0 Å². The highest BCUT2D eigenvalue weighted by Crippen LogP contribution is 2.24. The third-order valence-corrected chi connectivity index (χ3v) is 2.42. The number of rotatable bonds is 4. The molecule has 2 aromatic carbocycles. The molecule has 0 saturated carbocycles. The molecule has 0 aliphatic rings. The van der Waals surface area contributed by atoms with Crippen molar-refractivity contribution in [1.82, 2.24) is 0 Å². The van der Waals surface area contributed by atoms with E-state index in [1.165, 1.54) is 18.2 Å². The van der Waals surface area contributed by atoms with Crippen LogP contribution in [0, 0.1) is 5.82 Å². The summed E-state index contributed by atoms with van der Waals surface area (Å²) in [5.41, 5.74) is 0.563. The number of hydrogen-bond acceptors (Lipinski definition) is 3. The first kappa shape index (κ1) is 15.0. The molecule has 0 unspecified atom stereocenters. The molecule has 0 spiro atoms. The summed E-state index contributed by atoms with van der Waals surface area (Å²) in [5.74, 6) is -1.16. The number of halogens is 4. The fraction of sp³-hybridized carbons (Fsp3) is 0.143. The molecule has 1 N–H and O–H groups in total. The van der Waals surface area contributed by atoms with Crippen LogP contribution in [0.5, 0.6) is 17.2 Å². The van der Waals surface area contributed by atoms with E-state index in [4.69, 9.17) is 4.74 Å². The van der Waals surface area contributed by atoms with E-state index in [1.807, 2.05) is 0 Å². The first-order chi connectivity index (χ1) is 9.82. The molecule has 112 valence electrons. The molecule has 21 heavy (non-hydrogen) atoms. The molecule has 0 aliphatic heterocycles. The number of phenolic OH excluding ortho intramolecular Hbond substituents is 1. The molecule has 0 heterocycles. The second-order valence-corrected chi connectivity index (χ2v) is 4.13. The Morgan fingerprint density at radius 2 is 1.62 bits per heavy atom. The highest BCUT2D eigenvalue weighted by molar-refractivity contribution is 5.33. The Kier molecular flexibility index (Phi) is 4.21. The first-order valence-corrected chi connectivity index (χ1v) is 5.79. The van der Waals surface area contributed by atoms with Gasteiger partial charge in [0.25, 0.3) is 0 Å². The average molecular weight is 302 g/mol. The second kappa shape index (κ2) is 5.90. The van der Waals surface area contributed by atoms with Crippen LogP contribution in [-0.2, 0) is 6.61 Å². The molecule has 0 bridgehead atoms. The zero-order valence-electron chi connectivity index (χ0n) is 10.5. The molecular formula is C14H10F4O3. The van der Waals surface area contributed by atoms with E-state index in [9.17, 15) is 22.7 Å². The van der Waals surface area contributed by atoms with Crippen molar-refractivity contribution in [3.8, 4) is 17.2 Å². The lowest BCUT2D eigenvalue weighted by Gasteiger charge is -2.10. The van der Waals surface area contributed by atoms with Gasteiger partial charge in [0.15, 0.2) is 0 Å². The van der Waals surface area contributed by atoms with E-state index in [2.05, 4.69) is 4.74 Å². The quantitative estimate of drug-likeness (QED) is 0.867. The zero-order valence-corrected chi connectivity index (χ0v) is 10.5. The topological polar surface area (TPSA) is 38.7 Å². The molecular weight excluding hydrogens is 292 g/mol. The molecule has 0 amide bonds. The molecule has 0 aliphatic carbocycles. The van der Waals surface area contributed by atoms with E-state index >= 15 is 0 Å². The Hall–Kier alpha value is -2.44. The van der Waals surface area contributed by atoms with Crippen LogP contribution in [0.15, 0.2) is 42.5 Å². The van der Waals surface area contributed by atoms with Gasteiger partial charge in [0.1, 0.15) is 29.7 Å². The fourth-order valence-corrected chi connectivity index (χ4v) is 1.59. The lowest BCUT2D eigenvalue weighted by Crippen LogP contribution is -2.17. The van der Waals surface area contributed by atoms with Crippen molar-refractivity contribution < 1.29 is 32.1 Å². The maximum atomic E-state index is 13.0. The van der Waals surface area contributed by atoms with E-state index < -0.39 is 12.2 Å². The van der Waals surface area contributed by atoms with Crippen molar-refractivity contribution in [2.24, 2.45) is 0 Å². The van der Waals surface area contributed by atoms with Crippen molar-refractivity contribution in [2.75, 3.05) is 0 Å². The third-order valence-electron chi connectivity index (χ3n) is 2.42. The van der Waals surface area contributed by atoms with Gasteiger partial charge in [0, 0.05) is 18.2 Å². The minimum atomic E-state index is -4.74. The number of hydrogen-bond donors (Lipinski definition) is 1. The Labute approximate surface area is 117 Å².